The molecule has 0 aliphatic rings. The summed E-state index contributed by atoms with van der Waals surface area (Å²) in [6.07, 6.45) is 8.00. The molecule has 19 heavy (non-hydrogen) atoms. The maximum Gasteiger partial charge on any atom is 0.308 e. The summed E-state index contributed by atoms with van der Waals surface area (Å²) in [5.41, 5.74) is 0. The molecule has 0 N–H and O–H groups in total. The van der Waals surface area contributed by atoms with Crippen LogP contribution in [-0.4, -0.2) is 39.0 Å². The minimum atomic E-state index is -0.199. The zero-order chi connectivity index (χ0) is 14.2. The van der Waals surface area contributed by atoms with Gasteiger partial charge in [0, 0.05) is 6.61 Å². The van der Waals surface area contributed by atoms with Crippen molar-refractivity contribution in [1.29, 1.82) is 0 Å². The van der Waals surface area contributed by atoms with Crippen molar-refractivity contribution in [3.8, 4) is 0 Å². The van der Waals surface area contributed by atoms with Crippen molar-refractivity contribution in [1.82, 2.24) is 0 Å². The largest absolute Gasteiger partial charge is 0.466 e. The molecule has 0 rings (SSSR count). The second kappa shape index (κ2) is 15.4. The lowest BCUT2D eigenvalue weighted by Gasteiger charge is -2.06. The fourth-order valence-corrected chi connectivity index (χ4v) is 1.70. The summed E-state index contributed by atoms with van der Waals surface area (Å²) < 4.78 is 15.5. The quantitative estimate of drug-likeness (QED) is 0.360. The normalized spacial score (nSPS) is 10.6. The van der Waals surface area contributed by atoms with Crippen LogP contribution in [0.4, 0.5) is 0 Å². The summed E-state index contributed by atoms with van der Waals surface area (Å²) in [7, 11) is 0. The van der Waals surface area contributed by atoms with E-state index >= 15 is 0 Å². The molecule has 0 saturated heterocycles. The van der Waals surface area contributed by atoms with Crippen LogP contribution < -0.4 is 0 Å². The first kappa shape index (κ1) is 18.4. The lowest BCUT2D eigenvalue weighted by atomic mass is 10.1. The summed E-state index contributed by atoms with van der Waals surface area (Å²) in [6.45, 7) is 6.85. The lowest BCUT2D eigenvalue weighted by Crippen LogP contribution is -2.11. The predicted molar refractivity (Wildman–Crippen MR) is 76.3 cm³/mol. The van der Waals surface area contributed by atoms with E-state index in [1.165, 1.54) is 32.1 Å². The van der Waals surface area contributed by atoms with Crippen molar-refractivity contribution in [3.63, 3.8) is 0 Å². The number of carbonyl (C=O) groups is 1. The lowest BCUT2D eigenvalue weighted by molar-refractivity contribution is -0.144. The Morgan fingerprint density at radius 1 is 0.789 bits per heavy atom. The minimum Gasteiger partial charge on any atom is -0.466 e. The molecule has 0 heterocycles. The molecule has 0 atom stereocenters. The molecule has 0 amide bonds. The van der Waals surface area contributed by atoms with E-state index in [4.69, 9.17) is 14.2 Å². The molecule has 0 fully saturated rings. The van der Waals surface area contributed by atoms with Crippen molar-refractivity contribution >= 4 is 5.97 Å². The third kappa shape index (κ3) is 15.3. The van der Waals surface area contributed by atoms with E-state index in [9.17, 15) is 4.79 Å². The molecule has 4 nitrogen and oxygen atoms in total. The topological polar surface area (TPSA) is 44.8 Å². The number of hydrogen-bond acceptors (Lipinski definition) is 4. The molecule has 0 spiro atoms. The van der Waals surface area contributed by atoms with E-state index in [0.29, 0.717) is 32.8 Å². The first-order chi connectivity index (χ1) is 9.31. The average Bonchev–Trinajstić information content (AvgIpc) is 2.40. The monoisotopic (exact) mass is 274 g/mol. The van der Waals surface area contributed by atoms with Crippen molar-refractivity contribution in [2.45, 2.75) is 58.8 Å². The van der Waals surface area contributed by atoms with Crippen LogP contribution >= 0.6 is 0 Å². The molecule has 0 saturated carbocycles. The smallest absolute Gasteiger partial charge is 0.308 e. The number of rotatable bonds is 14. The van der Waals surface area contributed by atoms with Gasteiger partial charge in [-0.05, 0) is 13.3 Å². The van der Waals surface area contributed by atoms with Gasteiger partial charge in [0.25, 0.3) is 0 Å². The van der Waals surface area contributed by atoms with Crippen LogP contribution in [0.1, 0.15) is 58.8 Å². The molecule has 0 unspecified atom stereocenters. The van der Waals surface area contributed by atoms with Gasteiger partial charge in [-0.2, -0.15) is 0 Å². The Hall–Kier alpha value is -0.610. The standard InChI is InChI=1S/C15H30O4/c1-3-5-6-7-8-9-11-17-13-14-18-12-10-15(16)19-4-2/h3-14H2,1-2H3. The van der Waals surface area contributed by atoms with Crippen LogP contribution in [0.5, 0.6) is 0 Å². The van der Waals surface area contributed by atoms with Crippen LogP contribution in [-0.2, 0) is 19.0 Å². The highest BCUT2D eigenvalue weighted by atomic mass is 16.5. The van der Waals surface area contributed by atoms with E-state index < -0.39 is 0 Å². The van der Waals surface area contributed by atoms with Crippen molar-refractivity contribution in [3.05, 3.63) is 0 Å². The molecule has 0 bridgehead atoms. The Morgan fingerprint density at radius 2 is 1.42 bits per heavy atom. The Labute approximate surface area is 117 Å². The van der Waals surface area contributed by atoms with Gasteiger partial charge in [-0.15, -0.1) is 0 Å². The summed E-state index contributed by atoms with van der Waals surface area (Å²) >= 11 is 0. The molecule has 0 aromatic rings. The summed E-state index contributed by atoms with van der Waals surface area (Å²) in [5.74, 6) is -0.199. The minimum absolute atomic E-state index is 0.199. The maximum atomic E-state index is 11.0. The van der Waals surface area contributed by atoms with Crippen LogP contribution in [0.2, 0.25) is 0 Å². The highest BCUT2D eigenvalue weighted by molar-refractivity contribution is 5.69. The zero-order valence-electron chi connectivity index (χ0n) is 12.6. The van der Waals surface area contributed by atoms with Crippen molar-refractivity contribution in [2.24, 2.45) is 0 Å². The maximum absolute atomic E-state index is 11.0. The second-order valence-corrected chi connectivity index (χ2v) is 4.55. The van der Waals surface area contributed by atoms with Gasteiger partial charge in [-0.1, -0.05) is 39.0 Å². The Balaban J connectivity index is 3.01. The summed E-state index contributed by atoms with van der Waals surface area (Å²) in [4.78, 5) is 11.0. The number of ether oxygens (including phenoxy) is 3. The summed E-state index contributed by atoms with van der Waals surface area (Å²) in [6, 6.07) is 0. The number of esters is 1. The van der Waals surface area contributed by atoms with Gasteiger partial charge in [-0.25, -0.2) is 0 Å². The SMILES string of the molecule is CCCCCCCCOCCOCCC(=O)OCC. The zero-order valence-corrected chi connectivity index (χ0v) is 12.6. The highest BCUT2D eigenvalue weighted by Crippen LogP contribution is 2.04. The van der Waals surface area contributed by atoms with E-state index in [0.717, 1.165) is 13.0 Å². The first-order valence-corrected chi connectivity index (χ1v) is 7.62. The number of hydrogen-bond donors (Lipinski definition) is 0. The van der Waals surface area contributed by atoms with E-state index in [-0.39, 0.29) is 5.97 Å². The molecule has 0 radical (unpaired) electrons. The number of carbonyl (C=O) groups excluding carboxylic acids is 1. The Kier molecular flexibility index (Phi) is 15.0. The number of unbranched alkanes of at least 4 members (excludes halogenated alkanes) is 5. The van der Waals surface area contributed by atoms with Gasteiger partial charge < -0.3 is 14.2 Å². The van der Waals surface area contributed by atoms with Crippen LogP contribution in [0.3, 0.4) is 0 Å². The fourth-order valence-electron chi connectivity index (χ4n) is 1.70. The fraction of sp³-hybridized carbons (Fsp3) is 0.933. The molecular weight excluding hydrogens is 244 g/mol. The van der Waals surface area contributed by atoms with E-state index in [1.54, 1.807) is 6.92 Å². The first-order valence-electron chi connectivity index (χ1n) is 7.62. The van der Waals surface area contributed by atoms with Gasteiger partial charge in [0.05, 0.1) is 32.8 Å². The molecule has 114 valence electrons. The Morgan fingerprint density at radius 3 is 2.11 bits per heavy atom. The van der Waals surface area contributed by atoms with Crippen LogP contribution in [0, 0.1) is 0 Å². The molecule has 0 aliphatic carbocycles. The second-order valence-electron chi connectivity index (χ2n) is 4.55. The molecule has 0 aromatic heterocycles. The summed E-state index contributed by atoms with van der Waals surface area (Å²) in [5, 5.41) is 0. The van der Waals surface area contributed by atoms with Gasteiger partial charge >= 0.3 is 5.97 Å². The third-order valence-electron chi connectivity index (χ3n) is 2.77. The van der Waals surface area contributed by atoms with Gasteiger partial charge in [-0.3, -0.25) is 4.79 Å². The third-order valence-corrected chi connectivity index (χ3v) is 2.77. The predicted octanol–water partition coefficient (Wildman–Crippen LogP) is 3.33. The van der Waals surface area contributed by atoms with Crippen LogP contribution in [0.25, 0.3) is 0 Å². The van der Waals surface area contributed by atoms with E-state index in [1.807, 2.05) is 0 Å². The van der Waals surface area contributed by atoms with E-state index in [2.05, 4.69) is 6.92 Å². The molecular formula is C15H30O4. The van der Waals surface area contributed by atoms with Gasteiger partial charge in [0.1, 0.15) is 0 Å². The van der Waals surface area contributed by atoms with Gasteiger partial charge in [0.2, 0.25) is 0 Å². The van der Waals surface area contributed by atoms with Crippen molar-refractivity contribution < 1.29 is 19.0 Å². The average molecular weight is 274 g/mol. The molecule has 0 aliphatic heterocycles. The molecule has 4 heteroatoms. The van der Waals surface area contributed by atoms with Gasteiger partial charge in [0.15, 0.2) is 0 Å². The Bertz CT molecular complexity index is 195. The molecule has 0 aromatic carbocycles. The van der Waals surface area contributed by atoms with Crippen molar-refractivity contribution in [2.75, 3.05) is 33.0 Å². The highest BCUT2D eigenvalue weighted by Gasteiger charge is 2.00. The van der Waals surface area contributed by atoms with Crippen LogP contribution in [0.15, 0.2) is 0 Å².